The number of hydrogen-bond acceptors (Lipinski definition) is 5. The third-order valence-corrected chi connectivity index (χ3v) is 0.965. The van der Waals surface area contributed by atoms with Gasteiger partial charge in [-0.2, -0.15) is 5.43 Å². The van der Waals surface area contributed by atoms with Crippen molar-refractivity contribution in [1.29, 1.82) is 0 Å². The van der Waals surface area contributed by atoms with Crippen molar-refractivity contribution in [3.8, 4) is 0 Å². The molecular formula is C4H10N6O. The van der Waals surface area contributed by atoms with Crippen LogP contribution in [-0.2, 0) is 0 Å². The summed E-state index contributed by atoms with van der Waals surface area (Å²) in [6.07, 6.45) is 0. The van der Waals surface area contributed by atoms with Crippen LogP contribution in [0.15, 0.2) is 5.10 Å². The van der Waals surface area contributed by atoms with Crippen LogP contribution in [0.2, 0.25) is 0 Å². The van der Waals surface area contributed by atoms with Gasteiger partial charge in [-0.3, -0.25) is 5.32 Å². The number of rotatable bonds is 2. The number of urea groups is 1. The summed E-state index contributed by atoms with van der Waals surface area (Å²) in [7, 11) is 0. The molecule has 0 aliphatic carbocycles. The van der Waals surface area contributed by atoms with Crippen molar-refractivity contribution in [2.45, 2.75) is 6.92 Å². The molecule has 11 heavy (non-hydrogen) atoms. The number of carbonyl (C=O) groups excluding carboxylic acids is 1. The normalized spacial score (nSPS) is 17.0. The highest BCUT2D eigenvalue weighted by molar-refractivity contribution is 5.96. The highest BCUT2D eigenvalue weighted by Gasteiger charge is 2.12. The van der Waals surface area contributed by atoms with Crippen LogP contribution in [0.3, 0.4) is 0 Å². The maximum absolute atomic E-state index is 10.7. The summed E-state index contributed by atoms with van der Waals surface area (Å²) in [6.45, 7) is 2.52. The molecule has 0 aromatic rings. The molecule has 0 saturated carbocycles. The molecular weight excluding hydrogens is 148 g/mol. The fourth-order valence-corrected chi connectivity index (χ4v) is 0.623. The molecule has 62 valence electrons. The monoisotopic (exact) mass is 158 g/mol. The van der Waals surface area contributed by atoms with Crippen LogP contribution in [0.25, 0.3) is 0 Å². The van der Waals surface area contributed by atoms with Crippen LogP contribution >= 0.6 is 0 Å². The van der Waals surface area contributed by atoms with Crippen molar-refractivity contribution < 1.29 is 4.79 Å². The van der Waals surface area contributed by atoms with E-state index in [1.54, 1.807) is 0 Å². The largest absolute Gasteiger partial charge is 0.368 e. The van der Waals surface area contributed by atoms with Crippen LogP contribution in [0.1, 0.15) is 6.92 Å². The van der Waals surface area contributed by atoms with E-state index in [1.165, 1.54) is 0 Å². The Hall–Kier alpha value is -1.50. The molecule has 1 rings (SSSR count). The summed E-state index contributed by atoms with van der Waals surface area (Å²) in [5.41, 5.74) is 10.3. The summed E-state index contributed by atoms with van der Waals surface area (Å²) in [5, 5.41) is 7.12. The molecule has 0 spiro atoms. The van der Waals surface area contributed by atoms with Crippen LogP contribution < -0.4 is 21.9 Å². The summed E-state index contributed by atoms with van der Waals surface area (Å²) in [4.78, 5) is 10.7. The molecule has 0 bridgehead atoms. The van der Waals surface area contributed by atoms with Gasteiger partial charge < -0.3 is 5.73 Å². The van der Waals surface area contributed by atoms with Gasteiger partial charge in [-0.15, -0.1) is 10.3 Å². The lowest BCUT2D eigenvalue weighted by Crippen LogP contribution is -2.59. The quantitative estimate of drug-likeness (QED) is 0.384. The van der Waals surface area contributed by atoms with E-state index >= 15 is 0 Å². The molecule has 0 radical (unpaired) electrons. The molecule has 5 N–H and O–H groups in total. The Bertz CT molecular complexity index is 189. The van der Waals surface area contributed by atoms with Gasteiger partial charge in [0.1, 0.15) is 0 Å². The standard InChI is InChI=1S/C4H10N6O/c1-2-6-10-8-3(5)7-4(11)9-10/h6H,2H2,1H3,(H4,5,7,8,9,11). The molecule has 0 aromatic carbocycles. The van der Waals surface area contributed by atoms with Gasteiger partial charge in [-0.25, -0.2) is 10.2 Å². The van der Waals surface area contributed by atoms with Crippen LogP contribution in [-0.4, -0.2) is 23.8 Å². The van der Waals surface area contributed by atoms with E-state index in [2.05, 4.69) is 21.3 Å². The highest BCUT2D eigenvalue weighted by Crippen LogP contribution is 1.82. The Kier molecular flexibility index (Phi) is 2.12. The molecule has 2 amide bonds. The molecule has 7 heteroatoms. The van der Waals surface area contributed by atoms with Gasteiger partial charge in [-0.05, 0) is 0 Å². The average Bonchev–Trinajstić information content (AvgIpc) is 1.85. The fraction of sp³-hybridized carbons (Fsp3) is 0.500. The first kappa shape index (κ1) is 7.61. The molecule has 7 nitrogen and oxygen atoms in total. The predicted octanol–water partition coefficient (Wildman–Crippen LogP) is -1.73. The number of amides is 2. The van der Waals surface area contributed by atoms with E-state index < -0.39 is 6.03 Å². The fourth-order valence-electron chi connectivity index (χ4n) is 0.623. The third kappa shape index (κ3) is 1.97. The minimum absolute atomic E-state index is 0.0645. The maximum atomic E-state index is 10.7. The zero-order valence-electron chi connectivity index (χ0n) is 6.09. The van der Waals surface area contributed by atoms with Crippen molar-refractivity contribution in [2.24, 2.45) is 10.8 Å². The zero-order valence-corrected chi connectivity index (χ0v) is 6.09. The van der Waals surface area contributed by atoms with E-state index in [9.17, 15) is 4.79 Å². The maximum Gasteiger partial charge on any atom is 0.342 e. The summed E-state index contributed by atoms with van der Waals surface area (Å²) < 4.78 is 0. The number of nitrogens with zero attached hydrogens (tertiary/aromatic N) is 2. The van der Waals surface area contributed by atoms with Gasteiger partial charge in [0.15, 0.2) is 0 Å². The SMILES string of the molecule is CCNN1N=C(N)NC(=O)N1. The van der Waals surface area contributed by atoms with Gasteiger partial charge in [-0.1, -0.05) is 6.92 Å². The smallest absolute Gasteiger partial charge is 0.342 e. The number of nitrogens with one attached hydrogen (secondary N) is 3. The molecule has 1 aliphatic rings. The highest BCUT2D eigenvalue weighted by atomic mass is 16.2. The average molecular weight is 158 g/mol. The molecule has 0 fully saturated rings. The summed E-state index contributed by atoms with van der Waals surface area (Å²) in [6, 6.07) is -0.404. The van der Waals surface area contributed by atoms with E-state index in [0.29, 0.717) is 6.54 Å². The summed E-state index contributed by atoms with van der Waals surface area (Å²) >= 11 is 0. The van der Waals surface area contributed by atoms with E-state index in [0.717, 1.165) is 5.23 Å². The Morgan fingerprint density at radius 3 is 3.09 bits per heavy atom. The van der Waals surface area contributed by atoms with E-state index in [4.69, 9.17) is 5.73 Å². The molecule has 1 heterocycles. The summed E-state index contributed by atoms with van der Waals surface area (Å²) in [5.74, 6) is 0.0645. The van der Waals surface area contributed by atoms with E-state index in [-0.39, 0.29) is 5.96 Å². The Morgan fingerprint density at radius 2 is 2.55 bits per heavy atom. The second-order valence-corrected chi connectivity index (χ2v) is 1.87. The minimum Gasteiger partial charge on any atom is -0.368 e. The number of hydrazone groups is 1. The zero-order chi connectivity index (χ0) is 8.27. The predicted molar refractivity (Wildman–Crippen MR) is 38.8 cm³/mol. The molecule has 0 aromatic heterocycles. The molecule has 0 atom stereocenters. The van der Waals surface area contributed by atoms with Crippen molar-refractivity contribution in [3.63, 3.8) is 0 Å². The van der Waals surface area contributed by atoms with Gasteiger partial charge >= 0.3 is 6.03 Å². The first-order chi connectivity index (χ1) is 5.22. The number of nitrogens with two attached hydrogens (primary N) is 1. The van der Waals surface area contributed by atoms with Gasteiger partial charge in [0.05, 0.1) is 0 Å². The Morgan fingerprint density at radius 1 is 1.82 bits per heavy atom. The van der Waals surface area contributed by atoms with Crippen molar-refractivity contribution in [3.05, 3.63) is 0 Å². The lowest BCUT2D eigenvalue weighted by atomic mass is 10.8. The first-order valence-corrected chi connectivity index (χ1v) is 3.17. The molecule has 0 saturated heterocycles. The third-order valence-electron chi connectivity index (χ3n) is 0.965. The minimum atomic E-state index is -0.404. The topological polar surface area (TPSA) is 94.8 Å². The lowest BCUT2D eigenvalue weighted by molar-refractivity contribution is 0.125. The number of carbonyl (C=O) groups is 1. The molecule has 1 aliphatic heterocycles. The van der Waals surface area contributed by atoms with Gasteiger partial charge in [0, 0.05) is 6.54 Å². The second-order valence-electron chi connectivity index (χ2n) is 1.87. The van der Waals surface area contributed by atoms with Crippen molar-refractivity contribution in [2.75, 3.05) is 6.54 Å². The first-order valence-electron chi connectivity index (χ1n) is 3.17. The van der Waals surface area contributed by atoms with Crippen molar-refractivity contribution >= 4 is 12.0 Å². The van der Waals surface area contributed by atoms with Gasteiger partial charge in [0.25, 0.3) is 0 Å². The Labute approximate surface area is 63.5 Å². The van der Waals surface area contributed by atoms with Gasteiger partial charge in [0.2, 0.25) is 5.96 Å². The number of hydrazine groups is 2. The Balaban J connectivity index is 2.54. The van der Waals surface area contributed by atoms with Crippen LogP contribution in [0.5, 0.6) is 0 Å². The number of hydrogen-bond donors (Lipinski definition) is 4. The van der Waals surface area contributed by atoms with Crippen molar-refractivity contribution in [1.82, 2.24) is 21.4 Å². The molecule has 0 unspecified atom stereocenters. The lowest BCUT2D eigenvalue weighted by Gasteiger charge is -2.23. The number of guanidine groups is 1. The van der Waals surface area contributed by atoms with Crippen LogP contribution in [0.4, 0.5) is 4.79 Å². The van der Waals surface area contributed by atoms with E-state index in [1.807, 2.05) is 6.92 Å². The van der Waals surface area contributed by atoms with Crippen LogP contribution in [0, 0.1) is 0 Å². The second kappa shape index (κ2) is 3.06.